The molecule has 94 valence electrons. The van der Waals surface area contributed by atoms with E-state index in [9.17, 15) is 4.79 Å². The minimum Gasteiger partial charge on any atom is -0.313 e. The molecule has 1 aliphatic carbocycles. The monoisotopic (exact) mass is 253 g/mol. The van der Waals surface area contributed by atoms with E-state index in [1.165, 1.54) is 25.3 Å². The van der Waals surface area contributed by atoms with Crippen LogP contribution in [0.5, 0.6) is 0 Å². The molecule has 2 N–H and O–H groups in total. The Morgan fingerprint density at radius 2 is 2.41 bits per heavy atom. The number of nitrogens with zero attached hydrogens (tertiary/aromatic N) is 1. The quantitative estimate of drug-likeness (QED) is 0.802. The molecule has 2 unspecified atom stereocenters. The molecule has 0 aliphatic heterocycles. The van der Waals surface area contributed by atoms with Gasteiger partial charge in [0.05, 0.1) is 0 Å². The summed E-state index contributed by atoms with van der Waals surface area (Å²) in [6, 6.07) is 2.08. The zero-order chi connectivity index (χ0) is 12.3. The summed E-state index contributed by atoms with van der Waals surface area (Å²) < 4.78 is 0. The van der Waals surface area contributed by atoms with Crippen LogP contribution in [0.1, 0.15) is 31.9 Å². The highest BCUT2D eigenvalue weighted by molar-refractivity contribution is 7.99. The fraction of sp³-hybridized carbons (Fsp3) is 0.667. The molecular formula is C12H19N3OS. The third kappa shape index (κ3) is 3.33. The van der Waals surface area contributed by atoms with Gasteiger partial charge in [-0.1, -0.05) is 25.1 Å². The van der Waals surface area contributed by atoms with Gasteiger partial charge in [0.15, 0.2) is 5.16 Å². The number of hydrogen-bond donors (Lipinski definition) is 2. The van der Waals surface area contributed by atoms with E-state index < -0.39 is 0 Å². The average molecular weight is 253 g/mol. The third-order valence-electron chi connectivity index (χ3n) is 3.03. The highest BCUT2D eigenvalue weighted by Gasteiger charge is 2.27. The smallest absolute Gasteiger partial charge is 0.251 e. The summed E-state index contributed by atoms with van der Waals surface area (Å²) in [4.78, 5) is 18.5. The summed E-state index contributed by atoms with van der Waals surface area (Å²) in [6.07, 6.45) is 3.67. The number of thioether (sulfide) groups is 1. The predicted octanol–water partition coefficient (Wildman–Crippen LogP) is 1.70. The first-order chi connectivity index (χ1) is 8.19. The Morgan fingerprint density at radius 1 is 1.59 bits per heavy atom. The molecule has 1 saturated carbocycles. The lowest BCUT2D eigenvalue weighted by Gasteiger charge is -2.19. The first-order valence-corrected chi connectivity index (χ1v) is 7.05. The van der Waals surface area contributed by atoms with E-state index in [1.807, 2.05) is 6.92 Å². The summed E-state index contributed by atoms with van der Waals surface area (Å²) >= 11 is 1.70. The van der Waals surface area contributed by atoms with Gasteiger partial charge >= 0.3 is 0 Å². The Hall–Kier alpha value is -0.810. The molecule has 1 aliphatic rings. The summed E-state index contributed by atoms with van der Waals surface area (Å²) in [7, 11) is 0. The zero-order valence-corrected chi connectivity index (χ0v) is 11.1. The first kappa shape index (κ1) is 12.6. The van der Waals surface area contributed by atoms with Crippen LogP contribution in [0.3, 0.4) is 0 Å². The number of rotatable bonds is 4. The van der Waals surface area contributed by atoms with E-state index >= 15 is 0 Å². The Bertz CT molecular complexity index is 432. The summed E-state index contributed by atoms with van der Waals surface area (Å²) in [6.45, 7) is 4.99. The molecule has 0 amide bonds. The second kappa shape index (κ2) is 5.69. The van der Waals surface area contributed by atoms with Crippen LogP contribution >= 0.6 is 11.8 Å². The number of aromatic nitrogens is 2. The Kier molecular flexibility index (Phi) is 4.23. The number of nitrogens with one attached hydrogen (secondary N) is 2. The van der Waals surface area contributed by atoms with Crippen molar-refractivity contribution in [2.75, 3.05) is 6.54 Å². The zero-order valence-electron chi connectivity index (χ0n) is 10.3. The highest BCUT2D eigenvalue weighted by atomic mass is 32.2. The number of H-pyrrole nitrogens is 1. The molecule has 1 heterocycles. The van der Waals surface area contributed by atoms with Gasteiger partial charge in [-0.15, -0.1) is 0 Å². The fourth-order valence-corrected chi connectivity index (χ4v) is 3.64. The number of hydrogen-bond acceptors (Lipinski definition) is 4. The lowest BCUT2D eigenvalue weighted by atomic mass is 10.2. The molecule has 5 heteroatoms. The lowest BCUT2D eigenvalue weighted by Crippen LogP contribution is -2.34. The second-order valence-corrected chi connectivity index (χ2v) is 5.67. The van der Waals surface area contributed by atoms with E-state index in [0.29, 0.717) is 11.3 Å². The van der Waals surface area contributed by atoms with Crippen molar-refractivity contribution in [3.05, 3.63) is 22.1 Å². The van der Waals surface area contributed by atoms with Crippen LogP contribution in [0.4, 0.5) is 0 Å². The van der Waals surface area contributed by atoms with Crippen LogP contribution in [0.2, 0.25) is 0 Å². The van der Waals surface area contributed by atoms with Gasteiger partial charge in [0.25, 0.3) is 5.56 Å². The van der Waals surface area contributed by atoms with Crippen molar-refractivity contribution in [1.82, 2.24) is 15.3 Å². The van der Waals surface area contributed by atoms with Gasteiger partial charge in [-0.3, -0.25) is 4.79 Å². The fourth-order valence-electron chi connectivity index (χ4n) is 2.31. The minimum absolute atomic E-state index is 0.0574. The summed E-state index contributed by atoms with van der Waals surface area (Å²) in [5.74, 6) is 0. The van der Waals surface area contributed by atoms with Gasteiger partial charge in [-0.2, -0.15) is 0 Å². The van der Waals surface area contributed by atoms with Crippen LogP contribution in [0.25, 0.3) is 0 Å². The van der Waals surface area contributed by atoms with Crippen molar-refractivity contribution < 1.29 is 0 Å². The van der Waals surface area contributed by atoms with Crippen LogP contribution < -0.4 is 10.9 Å². The van der Waals surface area contributed by atoms with Crippen molar-refractivity contribution in [2.45, 2.75) is 49.6 Å². The molecule has 0 spiro atoms. The van der Waals surface area contributed by atoms with Crippen molar-refractivity contribution in [2.24, 2.45) is 0 Å². The minimum atomic E-state index is -0.0574. The molecule has 17 heavy (non-hydrogen) atoms. The molecular weight excluding hydrogens is 234 g/mol. The summed E-state index contributed by atoms with van der Waals surface area (Å²) in [5, 5.41) is 4.79. The topological polar surface area (TPSA) is 57.8 Å². The van der Waals surface area contributed by atoms with E-state index in [-0.39, 0.29) is 5.56 Å². The Balaban J connectivity index is 2.06. The van der Waals surface area contributed by atoms with Crippen molar-refractivity contribution >= 4 is 11.8 Å². The van der Waals surface area contributed by atoms with Crippen LogP contribution in [0, 0.1) is 6.92 Å². The van der Waals surface area contributed by atoms with Gasteiger partial charge in [0.2, 0.25) is 0 Å². The van der Waals surface area contributed by atoms with Gasteiger partial charge in [-0.05, 0) is 26.3 Å². The normalized spacial score (nSPS) is 24.1. The molecule has 1 aromatic heterocycles. The molecule has 0 bridgehead atoms. The van der Waals surface area contributed by atoms with Crippen LogP contribution in [-0.4, -0.2) is 27.8 Å². The molecule has 1 aromatic rings. The Morgan fingerprint density at radius 3 is 3.12 bits per heavy atom. The van der Waals surface area contributed by atoms with Gasteiger partial charge < -0.3 is 10.3 Å². The highest BCUT2D eigenvalue weighted by Crippen LogP contribution is 2.33. The lowest BCUT2D eigenvalue weighted by molar-refractivity contribution is 0.550. The molecule has 2 rings (SSSR count). The molecule has 0 radical (unpaired) electrons. The molecule has 0 saturated heterocycles. The molecule has 0 aromatic carbocycles. The number of aromatic amines is 1. The van der Waals surface area contributed by atoms with E-state index in [1.54, 1.807) is 11.8 Å². The van der Waals surface area contributed by atoms with Crippen molar-refractivity contribution in [1.29, 1.82) is 0 Å². The largest absolute Gasteiger partial charge is 0.313 e. The summed E-state index contributed by atoms with van der Waals surface area (Å²) in [5.41, 5.74) is 0.729. The van der Waals surface area contributed by atoms with E-state index in [2.05, 4.69) is 22.2 Å². The standard InChI is InChI=1S/C12H19N3OS/c1-3-13-9-5-4-6-10(9)17-12-14-8(2)7-11(16)15-12/h7,9-10,13H,3-6H2,1-2H3,(H,14,15,16). The Labute approximate surface area is 106 Å². The third-order valence-corrected chi connectivity index (χ3v) is 4.31. The number of aryl methyl sites for hydroxylation is 1. The van der Waals surface area contributed by atoms with Crippen molar-refractivity contribution in [3.8, 4) is 0 Å². The van der Waals surface area contributed by atoms with Crippen molar-refractivity contribution in [3.63, 3.8) is 0 Å². The predicted molar refractivity (Wildman–Crippen MR) is 70.6 cm³/mol. The average Bonchev–Trinajstić information content (AvgIpc) is 2.65. The maximum Gasteiger partial charge on any atom is 0.251 e. The van der Waals surface area contributed by atoms with Gasteiger partial charge in [-0.25, -0.2) is 4.98 Å². The molecule has 4 nitrogen and oxygen atoms in total. The molecule has 2 atom stereocenters. The second-order valence-electron chi connectivity index (χ2n) is 4.44. The van der Waals surface area contributed by atoms with E-state index in [4.69, 9.17) is 0 Å². The first-order valence-electron chi connectivity index (χ1n) is 6.17. The van der Waals surface area contributed by atoms with Gasteiger partial charge in [0.1, 0.15) is 0 Å². The maximum absolute atomic E-state index is 11.4. The van der Waals surface area contributed by atoms with E-state index in [0.717, 1.165) is 17.4 Å². The maximum atomic E-state index is 11.4. The molecule has 1 fully saturated rings. The van der Waals surface area contributed by atoms with Crippen LogP contribution in [-0.2, 0) is 0 Å². The van der Waals surface area contributed by atoms with Gasteiger partial charge in [0, 0.05) is 23.1 Å². The van der Waals surface area contributed by atoms with Crippen LogP contribution in [0.15, 0.2) is 16.0 Å². The SMILES string of the molecule is CCNC1CCCC1Sc1nc(C)cc(=O)[nH]1.